The van der Waals surface area contributed by atoms with Crippen LogP contribution in [-0.4, -0.2) is 34.9 Å². The first-order valence-corrected chi connectivity index (χ1v) is 6.08. The molecular formula is C12H17ClN4O3. The maximum absolute atomic E-state index is 12.2. The summed E-state index contributed by atoms with van der Waals surface area (Å²) in [6.45, 7) is 1.16. The van der Waals surface area contributed by atoms with E-state index in [2.05, 4.69) is 0 Å². The highest BCUT2D eigenvalue weighted by atomic mass is 35.5. The third-order valence-electron chi connectivity index (χ3n) is 3.30. The van der Waals surface area contributed by atoms with E-state index in [9.17, 15) is 14.9 Å². The van der Waals surface area contributed by atoms with Gasteiger partial charge in [-0.3, -0.25) is 14.9 Å². The van der Waals surface area contributed by atoms with Crippen LogP contribution < -0.4 is 11.5 Å². The number of carbonyl (C=O) groups excluding carboxylic acids is 1. The lowest BCUT2D eigenvalue weighted by Gasteiger charge is -2.30. The smallest absolute Gasteiger partial charge is 0.292 e. The summed E-state index contributed by atoms with van der Waals surface area (Å²) in [5.41, 5.74) is 11.4. The number of nitrogens with two attached hydrogens (primary N) is 2. The number of nitrogen functional groups attached to an aromatic ring is 1. The molecule has 1 amide bonds. The lowest BCUT2D eigenvalue weighted by molar-refractivity contribution is -0.383. The molecule has 0 spiro atoms. The summed E-state index contributed by atoms with van der Waals surface area (Å²) in [6, 6.07) is 4.26. The first kappa shape index (κ1) is 16.2. The lowest BCUT2D eigenvalue weighted by atomic mass is 10.0. The fourth-order valence-electron chi connectivity index (χ4n) is 2.12. The molecule has 1 heterocycles. The Labute approximate surface area is 122 Å². The molecule has 0 aromatic heterocycles. The second kappa shape index (κ2) is 6.53. The van der Waals surface area contributed by atoms with Gasteiger partial charge in [-0.15, -0.1) is 12.4 Å². The third-order valence-corrected chi connectivity index (χ3v) is 3.30. The van der Waals surface area contributed by atoms with Crippen molar-refractivity contribution in [3.05, 3.63) is 33.9 Å². The summed E-state index contributed by atoms with van der Waals surface area (Å²) in [6.07, 6.45) is 1.51. The summed E-state index contributed by atoms with van der Waals surface area (Å²) in [4.78, 5) is 24.1. The van der Waals surface area contributed by atoms with Crippen LogP contribution in [0.25, 0.3) is 0 Å². The van der Waals surface area contributed by atoms with Gasteiger partial charge in [-0.25, -0.2) is 0 Å². The Kier molecular flexibility index (Phi) is 5.29. The molecule has 1 aliphatic heterocycles. The predicted octanol–water partition coefficient (Wildman–Crippen LogP) is 1.16. The van der Waals surface area contributed by atoms with Gasteiger partial charge >= 0.3 is 0 Å². The topological polar surface area (TPSA) is 115 Å². The van der Waals surface area contributed by atoms with Gasteiger partial charge in [-0.05, 0) is 25.0 Å². The summed E-state index contributed by atoms with van der Waals surface area (Å²) < 4.78 is 0. The average molecular weight is 301 g/mol. The lowest BCUT2D eigenvalue weighted by Crippen LogP contribution is -2.42. The number of nitro benzene ring substituents is 1. The van der Waals surface area contributed by atoms with Crippen LogP contribution in [0.3, 0.4) is 0 Å². The van der Waals surface area contributed by atoms with Crippen molar-refractivity contribution in [2.45, 2.75) is 18.9 Å². The highest BCUT2D eigenvalue weighted by molar-refractivity contribution is 5.95. The molecule has 8 heteroatoms. The van der Waals surface area contributed by atoms with Gasteiger partial charge in [-0.1, -0.05) is 0 Å². The maximum Gasteiger partial charge on any atom is 0.292 e. The van der Waals surface area contributed by atoms with Crippen LogP contribution in [-0.2, 0) is 0 Å². The van der Waals surface area contributed by atoms with E-state index >= 15 is 0 Å². The molecule has 4 N–H and O–H groups in total. The normalized spacial score (nSPS) is 15.6. The molecule has 0 unspecified atom stereocenters. The zero-order chi connectivity index (χ0) is 14.0. The molecule has 1 aromatic rings. The highest BCUT2D eigenvalue weighted by Gasteiger charge is 2.23. The van der Waals surface area contributed by atoms with E-state index in [-0.39, 0.29) is 41.3 Å². The molecule has 1 aromatic carbocycles. The Morgan fingerprint density at radius 1 is 1.35 bits per heavy atom. The Morgan fingerprint density at radius 2 is 1.95 bits per heavy atom. The van der Waals surface area contributed by atoms with Gasteiger partial charge in [0.05, 0.1) is 4.92 Å². The van der Waals surface area contributed by atoms with Gasteiger partial charge in [0.2, 0.25) is 0 Å². The van der Waals surface area contributed by atoms with Gasteiger partial charge in [0.25, 0.3) is 11.6 Å². The largest absolute Gasteiger partial charge is 0.393 e. The molecule has 110 valence electrons. The third kappa shape index (κ3) is 3.37. The molecule has 0 radical (unpaired) electrons. The fraction of sp³-hybridized carbons (Fsp3) is 0.417. The fourth-order valence-corrected chi connectivity index (χ4v) is 2.12. The van der Waals surface area contributed by atoms with E-state index in [4.69, 9.17) is 11.5 Å². The van der Waals surface area contributed by atoms with E-state index in [1.54, 1.807) is 4.90 Å². The van der Waals surface area contributed by atoms with E-state index < -0.39 is 4.92 Å². The standard InChI is InChI=1S/C12H16N4O3.ClH/c13-9-3-5-15(6-4-9)12(17)8-1-2-10(14)11(7-8)16(18)19;/h1-2,7,9H,3-6,13-14H2;1H. The number of nitrogens with zero attached hydrogens (tertiary/aromatic N) is 2. The quantitative estimate of drug-likeness (QED) is 0.483. The van der Waals surface area contributed by atoms with E-state index in [0.29, 0.717) is 13.1 Å². The first-order chi connectivity index (χ1) is 8.99. The molecule has 0 aliphatic carbocycles. The molecule has 2 rings (SSSR count). The van der Waals surface area contributed by atoms with E-state index in [1.807, 2.05) is 0 Å². The number of nitro groups is 1. The number of likely N-dealkylation sites (tertiary alicyclic amines) is 1. The van der Waals surface area contributed by atoms with Crippen LogP contribution >= 0.6 is 12.4 Å². The van der Waals surface area contributed by atoms with Crippen molar-refractivity contribution < 1.29 is 9.72 Å². The average Bonchev–Trinajstić information content (AvgIpc) is 2.39. The zero-order valence-corrected chi connectivity index (χ0v) is 11.6. The molecule has 20 heavy (non-hydrogen) atoms. The monoisotopic (exact) mass is 300 g/mol. The number of benzene rings is 1. The first-order valence-electron chi connectivity index (χ1n) is 6.08. The number of carbonyl (C=O) groups is 1. The Morgan fingerprint density at radius 3 is 2.50 bits per heavy atom. The van der Waals surface area contributed by atoms with E-state index in [0.717, 1.165) is 12.8 Å². The molecule has 0 saturated carbocycles. The zero-order valence-electron chi connectivity index (χ0n) is 10.8. The van der Waals surface area contributed by atoms with E-state index in [1.165, 1.54) is 18.2 Å². The van der Waals surface area contributed by atoms with Gasteiger partial charge in [-0.2, -0.15) is 0 Å². The minimum Gasteiger partial charge on any atom is -0.393 e. The number of piperidine rings is 1. The van der Waals surface area contributed by atoms with Crippen LogP contribution in [0.15, 0.2) is 18.2 Å². The molecule has 7 nitrogen and oxygen atoms in total. The van der Waals surface area contributed by atoms with Crippen LogP contribution in [0.1, 0.15) is 23.2 Å². The SMILES string of the molecule is Cl.Nc1ccc(C(=O)N2CCC(N)CC2)cc1[N+](=O)[O-]. The number of amides is 1. The van der Waals surface area contributed by atoms with Gasteiger partial charge < -0.3 is 16.4 Å². The number of rotatable bonds is 2. The van der Waals surface area contributed by atoms with Gasteiger partial charge in [0.1, 0.15) is 5.69 Å². The van der Waals surface area contributed by atoms with Crippen molar-refractivity contribution in [2.24, 2.45) is 5.73 Å². The second-order valence-corrected chi connectivity index (χ2v) is 4.66. The van der Waals surface area contributed by atoms with Crippen LogP contribution in [0.4, 0.5) is 11.4 Å². The molecule has 1 saturated heterocycles. The minimum absolute atomic E-state index is 0. The minimum atomic E-state index is -0.585. The van der Waals surface area contributed by atoms with Crippen LogP contribution in [0.5, 0.6) is 0 Å². The van der Waals surface area contributed by atoms with Crippen LogP contribution in [0.2, 0.25) is 0 Å². The van der Waals surface area contributed by atoms with Crippen molar-refractivity contribution in [1.82, 2.24) is 4.90 Å². The number of anilines is 1. The number of halogens is 1. The number of hydrogen-bond acceptors (Lipinski definition) is 5. The van der Waals surface area contributed by atoms with Crippen molar-refractivity contribution in [1.29, 1.82) is 0 Å². The maximum atomic E-state index is 12.2. The second-order valence-electron chi connectivity index (χ2n) is 4.66. The molecule has 0 atom stereocenters. The molecule has 0 bridgehead atoms. The highest BCUT2D eigenvalue weighted by Crippen LogP contribution is 2.23. The molecule has 1 fully saturated rings. The van der Waals surface area contributed by atoms with Gasteiger partial charge in [0.15, 0.2) is 0 Å². The Hall–Kier alpha value is -1.86. The Balaban J connectivity index is 0.00000200. The Bertz CT molecular complexity index is 515. The van der Waals surface area contributed by atoms with Crippen molar-refractivity contribution >= 4 is 29.7 Å². The molecular weight excluding hydrogens is 284 g/mol. The van der Waals surface area contributed by atoms with Crippen molar-refractivity contribution in [2.75, 3.05) is 18.8 Å². The molecule has 1 aliphatic rings. The van der Waals surface area contributed by atoms with Crippen molar-refractivity contribution in [3.63, 3.8) is 0 Å². The summed E-state index contributed by atoms with van der Waals surface area (Å²) in [5, 5.41) is 10.8. The van der Waals surface area contributed by atoms with Crippen LogP contribution in [0, 0.1) is 10.1 Å². The van der Waals surface area contributed by atoms with Gasteiger partial charge in [0, 0.05) is 30.8 Å². The summed E-state index contributed by atoms with van der Waals surface area (Å²) in [5.74, 6) is -0.213. The summed E-state index contributed by atoms with van der Waals surface area (Å²) in [7, 11) is 0. The predicted molar refractivity (Wildman–Crippen MR) is 77.9 cm³/mol. The summed E-state index contributed by atoms with van der Waals surface area (Å²) >= 11 is 0. The van der Waals surface area contributed by atoms with Crippen molar-refractivity contribution in [3.8, 4) is 0 Å². The number of hydrogen-bond donors (Lipinski definition) is 2.